The van der Waals surface area contributed by atoms with Crippen LogP contribution in [-0.2, 0) is 0 Å². The Balaban J connectivity index is 2.33. The minimum Gasteiger partial charge on any atom is -0.372 e. The molecule has 0 saturated heterocycles. The van der Waals surface area contributed by atoms with Crippen LogP contribution in [0.4, 0.5) is 5.82 Å². The zero-order valence-electron chi connectivity index (χ0n) is 7.19. The van der Waals surface area contributed by atoms with E-state index in [4.69, 9.17) is 0 Å². The van der Waals surface area contributed by atoms with E-state index in [1.54, 1.807) is 11.3 Å². The van der Waals surface area contributed by atoms with Crippen molar-refractivity contribution in [1.29, 1.82) is 0 Å². The summed E-state index contributed by atoms with van der Waals surface area (Å²) in [4.78, 5) is 1.15. The van der Waals surface area contributed by atoms with E-state index in [1.807, 2.05) is 36.7 Å². The average Bonchev–Trinajstić information content (AvgIpc) is 2.71. The van der Waals surface area contributed by atoms with Crippen molar-refractivity contribution in [2.45, 2.75) is 0 Å². The first kappa shape index (κ1) is 8.19. The van der Waals surface area contributed by atoms with E-state index >= 15 is 0 Å². The molecular formula is C9H9N3S. The summed E-state index contributed by atoms with van der Waals surface area (Å²) in [6.07, 6.45) is 0. The second-order valence-corrected chi connectivity index (χ2v) is 3.48. The van der Waals surface area contributed by atoms with Crippen molar-refractivity contribution in [3.05, 3.63) is 29.6 Å². The Hall–Kier alpha value is -1.42. The molecule has 0 saturated carbocycles. The van der Waals surface area contributed by atoms with Crippen molar-refractivity contribution in [2.24, 2.45) is 0 Å². The quantitative estimate of drug-likeness (QED) is 0.791. The van der Waals surface area contributed by atoms with Crippen molar-refractivity contribution in [3.8, 4) is 10.6 Å². The normalized spacial score (nSPS) is 9.92. The van der Waals surface area contributed by atoms with E-state index < -0.39 is 0 Å². The van der Waals surface area contributed by atoms with Gasteiger partial charge in [-0.05, 0) is 23.6 Å². The van der Waals surface area contributed by atoms with Gasteiger partial charge in [-0.15, -0.1) is 21.5 Å². The van der Waals surface area contributed by atoms with E-state index in [2.05, 4.69) is 15.5 Å². The molecule has 66 valence electrons. The molecule has 13 heavy (non-hydrogen) atoms. The lowest BCUT2D eigenvalue weighted by Gasteiger charge is -1.98. The van der Waals surface area contributed by atoms with Crippen molar-refractivity contribution in [2.75, 3.05) is 12.4 Å². The van der Waals surface area contributed by atoms with Gasteiger partial charge in [-0.1, -0.05) is 6.07 Å². The van der Waals surface area contributed by atoms with Crippen LogP contribution in [0.25, 0.3) is 10.6 Å². The molecule has 0 radical (unpaired) electrons. The minimum absolute atomic E-state index is 0.792. The minimum atomic E-state index is 0.792. The molecule has 0 aliphatic rings. The second-order valence-electron chi connectivity index (χ2n) is 2.53. The molecule has 0 aliphatic carbocycles. The Labute approximate surface area is 80.5 Å². The monoisotopic (exact) mass is 191 g/mol. The highest BCUT2D eigenvalue weighted by Crippen LogP contribution is 2.21. The van der Waals surface area contributed by atoms with Gasteiger partial charge in [-0.3, -0.25) is 0 Å². The van der Waals surface area contributed by atoms with Crippen LogP contribution < -0.4 is 5.32 Å². The topological polar surface area (TPSA) is 37.8 Å². The maximum absolute atomic E-state index is 4.09. The van der Waals surface area contributed by atoms with Crippen LogP contribution >= 0.6 is 11.3 Å². The number of nitrogens with zero attached hydrogens (tertiary/aromatic N) is 2. The highest BCUT2D eigenvalue weighted by atomic mass is 32.1. The van der Waals surface area contributed by atoms with E-state index in [-0.39, 0.29) is 0 Å². The molecule has 2 aromatic rings. The second kappa shape index (κ2) is 3.53. The summed E-state index contributed by atoms with van der Waals surface area (Å²) in [6.45, 7) is 0. The molecule has 0 aromatic carbocycles. The van der Waals surface area contributed by atoms with Crippen molar-refractivity contribution < 1.29 is 0 Å². The first-order chi connectivity index (χ1) is 6.40. The van der Waals surface area contributed by atoms with Crippen LogP contribution in [0.1, 0.15) is 0 Å². The van der Waals surface area contributed by atoms with Gasteiger partial charge in [0, 0.05) is 7.05 Å². The predicted molar refractivity (Wildman–Crippen MR) is 54.9 cm³/mol. The lowest BCUT2D eigenvalue weighted by atomic mass is 10.3. The van der Waals surface area contributed by atoms with Crippen LogP contribution in [-0.4, -0.2) is 17.2 Å². The number of rotatable bonds is 2. The fourth-order valence-electron chi connectivity index (χ4n) is 1.02. The van der Waals surface area contributed by atoms with Gasteiger partial charge in [0.15, 0.2) is 0 Å². The van der Waals surface area contributed by atoms with Crippen molar-refractivity contribution >= 4 is 17.2 Å². The molecule has 2 rings (SSSR count). The smallest absolute Gasteiger partial charge is 0.148 e. The molecule has 4 heteroatoms. The Kier molecular flexibility index (Phi) is 2.23. The number of aromatic nitrogens is 2. The number of hydrogen-bond acceptors (Lipinski definition) is 4. The third kappa shape index (κ3) is 1.67. The molecule has 3 nitrogen and oxygen atoms in total. The molecule has 0 atom stereocenters. The Morgan fingerprint density at radius 1 is 1.23 bits per heavy atom. The Morgan fingerprint density at radius 3 is 2.69 bits per heavy atom. The maximum Gasteiger partial charge on any atom is 0.148 e. The summed E-state index contributed by atoms with van der Waals surface area (Å²) in [5.41, 5.74) is 0.925. The molecule has 0 aliphatic heterocycles. The van der Waals surface area contributed by atoms with Gasteiger partial charge in [0.25, 0.3) is 0 Å². The average molecular weight is 191 g/mol. The van der Waals surface area contributed by atoms with Gasteiger partial charge in [0.1, 0.15) is 11.5 Å². The lowest BCUT2D eigenvalue weighted by molar-refractivity contribution is 1.04. The number of hydrogen-bond donors (Lipinski definition) is 1. The highest BCUT2D eigenvalue weighted by molar-refractivity contribution is 7.13. The SMILES string of the molecule is CNc1ccc(-c2cccs2)nn1. The summed E-state index contributed by atoms with van der Waals surface area (Å²) < 4.78 is 0. The summed E-state index contributed by atoms with van der Waals surface area (Å²) in [5.74, 6) is 0.792. The third-order valence-electron chi connectivity index (χ3n) is 1.69. The number of anilines is 1. The molecule has 2 heterocycles. The lowest BCUT2D eigenvalue weighted by Crippen LogP contribution is -1.94. The fraction of sp³-hybridized carbons (Fsp3) is 0.111. The Bertz CT molecular complexity index is 366. The molecule has 0 spiro atoms. The van der Waals surface area contributed by atoms with Crippen LogP contribution in [0, 0.1) is 0 Å². The molecular weight excluding hydrogens is 182 g/mol. The zero-order valence-corrected chi connectivity index (χ0v) is 8.01. The zero-order chi connectivity index (χ0) is 9.10. The van der Waals surface area contributed by atoms with Crippen molar-refractivity contribution in [3.63, 3.8) is 0 Å². The van der Waals surface area contributed by atoms with Gasteiger partial charge >= 0.3 is 0 Å². The van der Waals surface area contributed by atoms with E-state index in [0.29, 0.717) is 0 Å². The fourth-order valence-corrected chi connectivity index (χ4v) is 1.71. The van der Waals surface area contributed by atoms with Gasteiger partial charge in [-0.2, -0.15) is 0 Å². The highest BCUT2D eigenvalue weighted by Gasteiger charge is 1.99. The predicted octanol–water partition coefficient (Wildman–Crippen LogP) is 2.25. The first-order valence-corrected chi connectivity index (χ1v) is 4.83. The van der Waals surface area contributed by atoms with Gasteiger partial charge < -0.3 is 5.32 Å². The largest absolute Gasteiger partial charge is 0.372 e. The van der Waals surface area contributed by atoms with Gasteiger partial charge in [0.2, 0.25) is 0 Å². The number of thiophene rings is 1. The van der Waals surface area contributed by atoms with Crippen LogP contribution in [0.3, 0.4) is 0 Å². The summed E-state index contributed by atoms with van der Waals surface area (Å²) in [7, 11) is 1.83. The van der Waals surface area contributed by atoms with E-state index in [1.165, 1.54) is 0 Å². The number of nitrogens with one attached hydrogen (secondary N) is 1. The molecule has 0 bridgehead atoms. The van der Waals surface area contributed by atoms with Crippen LogP contribution in [0.15, 0.2) is 29.6 Å². The van der Waals surface area contributed by atoms with E-state index in [0.717, 1.165) is 16.4 Å². The van der Waals surface area contributed by atoms with E-state index in [9.17, 15) is 0 Å². The third-order valence-corrected chi connectivity index (χ3v) is 2.59. The maximum atomic E-state index is 4.09. The molecule has 0 unspecified atom stereocenters. The summed E-state index contributed by atoms with van der Waals surface area (Å²) in [5, 5.41) is 13.0. The summed E-state index contributed by atoms with van der Waals surface area (Å²) in [6, 6.07) is 7.92. The molecule has 0 fully saturated rings. The van der Waals surface area contributed by atoms with Crippen molar-refractivity contribution in [1.82, 2.24) is 10.2 Å². The molecule has 1 N–H and O–H groups in total. The van der Waals surface area contributed by atoms with Crippen LogP contribution in [0.2, 0.25) is 0 Å². The van der Waals surface area contributed by atoms with Crippen LogP contribution in [0.5, 0.6) is 0 Å². The standard InChI is InChI=1S/C9H9N3S/c1-10-9-5-4-7(11-12-9)8-3-2-6-13-8/h2-6H,1H3,(H,10,12). The first-order valence-electron chi connectivity index (χ1n) is 3.95. The summed E-state index contributed by atoms with van der Waals surface area (Å²) >= 11 is 1.67. The molecule has 0 amide bonds. The van der Waals surface area contributed by atoms with Gasteiger partial charge in [0.05, 0.1) is 4.88 Å². The molecule has 2 aromatic heterocycles. The Morgan fingerprint density at radius 2 is 2.15 bits per heavy atom. The van der Waals surface area contributed by atoms with Gasteiger partial charge in [-0.25, -0.2) is 0 Å².